The van der Waals surface area contributed by atoms with E-state index in [1.807, 2.05) is 14.1 Å². The summed E-state index contributed by atoms with van der Waals surface area (Å²) >= 11 is 0. The Morgan fingerprint density at radius 3 is 2.50 bits per heavy atom. The molecule has 0 aliphatic heterocycles. The molecular weight excluding hydrogens is 198 g/mol. The molecule has 0 aliphatic rings. The van der Waals surface area contributed by atoms with Crippen molar-refractivity contribution in [1.82, 2.24) is 10.3 Å². The minimum absolute atomic E-state index is 0.515. The average molecular weight is 221 g/mol. The molecule has 0 saturated heterocycles. The molecule has 1 heterocycles. The average Bonchev–Trinajstić information content (AvgIpc) is 2.25. The monoisotopic (exact) mass is 221 g/mol. The molecule has 1 N–H and O–H groups in total. The third-order valence-electron chi connectivity index (χ3n) is 2.46. The van der Waals surface area contributed by atoms with Crippen LogP contribution >= 0.6 is 0 Å². The number of nitrogens with zero attached hydrogens (tertiary/aromatic N) is 2. The fourth-order valence-corrected chi connectivity index (χ4v) is 1.47. The first-order valence-corrected chi connectivity index (χ1v) is 5.93. The van der Waals surface area contributed by atoms with E-state index >= 15 is 0 Å². The van der Waals surface area contributed by atoms with Crippen LogP contribution in [0.5, 0.6) is 0 Å². The molecular formula is C13H23N3. The molecule has 16 heavy (non-hydrogen) atoms. The van der Waals surface area contributed by atoms with Crippen LogP contribution in [0.25, 0.3) is 0 Å². The topological polar surface area (TPSA) is 28.2 Å². The Kier molecular flexibility index (Phi) is 4.74. The number of pyridine rings is 1. The van der Waals surface area contributed by atoms with Crippen LogP contribution in [-0.4, -0.2) is 25.1 Å². The van der Waals surface area contributed by atoms with Gasteiger partial charge in [0.05, 0.1) is 0 Å². The van der Waals surface area contributed by atoms with Gasteiger partial charge in [0.1, 0.15) is 5.82 Å². The van der Waals surface area contributed by atoms with Crippen LogP contribution in [0.2, 0.25) is 0 Å². The van der Waals surface area contributed by atoms with Gasteiger partial charge in [0, 0.05) is 32.4 Å². The maximum absolute atomic E-state index is 4.58. The predicted octanol–water partition coefficient (Wildman–Crippen LogP) is 2.21. The zero-order valence-electron chi connectivity index (χ0n) is 11.0. The summed E-state index contributed by atoms with van der Waals surface area (Å²) in [7, 11) is 4.06. The van der Waals surface area contributed by atoms with Crippen molar-refractivity contribution in [1.29, 1.82) is 0 Å². The van der Waals surface area contributed by atoms with Crippen molar-refractivity contribution in [3.8, 4) is 0 Å². The molecule has 1 aromatic heterocycles. The third-order valence-corrected chi connectivity index (χ3v) is 2.46. The van der Waals surface area contributed by atoms with Crippen molar-refractivity contribution in [2.24, 2.45) is 0 Å². The SMILES string of the molecule is CCc1cc(CNC(C)C)cc(N(C)C)n1. The number of rotatable bonds is 5. The molecule has 0 radical (unpaired) electrons. The maximum atomic E-state index is 4.58. The van der Waals surface area contributed by atoms with Crippen LogP contribution in [0.3, 0.4) is 0 Å². The van der Waals surface area contributed by atoms with E-state index in [1.165, 1.54) is 5.56 Å². The minimum atomic E-state index is 0.515. The van der Waals surface area contributed by atoms with Gasteiger partial charge in [-0.05, 0) is 24.1 Å². The van der Waals surface area contributed by atoms with Crippen LogP contribution in [-0.2, 0) is 13.0 Å². The summed E-state index contributed by atoms with van der Waals surface area (Å²) in [5, 5.41) is 3.43. The molecule has 1 aromatic rings. The first-order valence-electron chi connectivity index (χ1n) is 5.93. The molecule has 0 aromatic carbocycles. The van der Waals surface area contributed by atoms with Gasteiger partial charge in [-0.3, -0.25) is 0 Å². The van der Waals surface area contributed by atoms with Gasteiger partial charge in [-0.25, -0.2) is 4.98 Å². The lowest BCUT2D eigenvalue weighted by Crippen LogP contribution is -2.22. The largest absolute Gasteiger partial charge is 0.363 e. The number of nitrogens with one attached hydrogen (secondary N) is 1. The Morgan fingerprint density at radius 2 is 2.00 bits per heavy atom. The fourth-order valence-electron chi connectivity index (χ4n) is 1.47. The smallest absolute Gasteiger partial charge is 0.128 e. The third kappa shape index (κ3) is 3.81. The Bertz CT molecular complexity index is 332. The van der Waals surface area contributed by atoms with Crippen molar-refractivity contribution in [2.45, 2.75) is 39.8 Å². The maximum Gasteiger partial charge on any atom is 0.128 e. The van der Waals surface area contributed by atoms with Gasteiger partial charge in [0.15, 0.2) is 0 Å². The number of aromatic nitrogens is 1. The van der Waals surface area contributed by atoms with Gasteiger partial charge >= 0.3 is 0 Å². The summed E-state index contributed by atoms with van der Waals surface area (Å²) in [5.74, 6) is 1.04. The standard InChI is InChI=1S/C13H23N3/c1-6-12-7-11(9-14-10(2)3)8-13(15-12)16(4)5/h7-8,10,14H,6,9H2,1-5H3. The molecule has 0 fully saturated rings. The zero-order valence-corrected chi connectivity index (χ0v) is 11.0. The van der Waals surface area contributed by atoms with Crippen LogP contribution in [0.4, 0.5) is 5.82 Å². The summed E-state index contributed by atoms with van der Waals surface area (Å²) in [6.07, 6.45) is 0.982. The summed E-state index contributed by atoms with van der Waals surface area (Å²) < 4.78 is 0. The van der Waals surface area contributed by atoms with Crippen LogP contribution in [0.1, 0.15) is 32.0 Å². The molecule has 0 bridgehead atoms. The number of anilines is 1. The number of hydrogen-bond acceptors (Lipinski definition) is 3. The molecule has 0 atom stereocenters. The van der Waals surface area contributed by atoms with Gasteiger partial charge in [-0.2, -0.15) is 0 Å². The molecule has 0 amide bonds. The lowest BCUT2D eigenvalue weighted by molar-refractivity contribution is 0.588. The van der Waals surface area contributed by atoms with E-state index in [2.05, 4.69) is 48.1 Å². The van der Waals surface area contributed by atoms with E-state index in [1.54, 1.807) is 0 Å². The van der Waals surface area contributed by atoms with E-state index in [-0.39, 0.29) is 0 Å². The van der Waals surface area contributed by atoms with Gasteiger partial charge in [0.25, 0.3) is 0 Å². The normalized spacial score (nSPS) is 10.9. The van der Waals surface area contributed by atoms with E-state index in [0.717, 1.165) is 24.5 Å². The van der Waals surface area contributed by atoms with Crippen molar-refractivity contribution in [2.75, 3.05) is 19.0 Å². The highest BCUT2D eigenvalue weighted by atomic mass is 15.1. The van der Waals surface area contributed by atoms with E-state index < -0.39 is 0 Å². The molecule has 0 spiro atoms. The molecule has 3 heteroatoms. The van der Waals surface area contributed by atoms with Gasteiger partial charge < -0.3 is 10.2 Å². The van der Waals surface area contributed by atoms with Crippen molar-refractivity contribution in [3.05, 3.63) is 23.4 Å². The lowest BCUT2D eigenvalue weighted by Gasteiger charge is -2.15. The first-order chi connectivity index (χ1) is 7.52. The lowest BCUT2D eigenvalue weighted by atomic mass is 10.2. The van der Waals surface area contributed by atoms with Crippen molar-refractivity contribution < 1.29 is 0 Å². The van der Waals surface area contributed by atoms with E-state index in [9.17, 15) is 0 Å². The summed E-state index contributed by atoms with van der Waals surface area (Å²) in [4.78, 5) is 6.63. The van der Waals surface area contributed by atoms with Crippen LogP contribution in [0, 0.1) is 0 Å². The van der Waals surface area contributed by atoms with Crippen molar-refractivity contribution >= 4 is 5.82 Å². The Balaban J connectivity index is 2.86. The predicted molar refractivity (Wildman–Crippen MR) is 69.9 cm³/mol. The fraction of sp³-hybridized carbons (Fsp3) is 0.615. The summed E-state index contributed by atoms with van der Waals surface area (Å²) in [6.45, 7) is 7.37. The highest BCUT2D eigenvalue weighted by Crippen LogP contribution is 2.13. The highest BCUT2D eigenvalue weighted by molar-refractivity contribution is 5.41. The van der Waals surface area contributed by atoms with Crippen LogP contribution < -0.4 is 10.2 Å². The Labute approximate surface area is 98.9 Å². The van der Waals surface area contributed by atoms with Crippen LogP contribution in [0.15, 0.2) is 12.1 Å². The first kappa shape index (κ1) is 13.0. The molecule has 90 valence electrons. The molecule has 1 rings (SSSR count). The Morgan fingerprint density at radius 1 is 1.31 bits per heavy atom. The molecule has 0 unspecified atom stereocenters. The van der Waals surface area contributed by atoms with E-state index in [4.69, 9.17) is 0 Å². The zero-order chi connectivity index (χ0) is 12.1. The second-order valence-corrected chi connectivity index (χ2v) is 4.61. The highest BCUT2D eigenvalue weighted by Gasteiger charge is 2.04. The second kappa shape index (κ2) is 5.85. The quantitative estimate of drug-likeness (QED) is 0.826. The molecule has 0 saturated carbocycles. The van der Waals surface area contributed by atoms with E-state index in [0.29, 0.717) is 6.04 Å². The number of hydrogen-bond donors (Lipinski definition) is 1. The number of aryl methyl sites for hydroxylation is 1. The molecule has 3 nitrogen and oxygen atoms in total. The Hall–Kier alpha value is -1.09. The van der Waals surface area contributed by atoms with Gasteiger partial charge in [0.2, 0.25) is 0 Å². The van der Waals surface area contributed by atoms with Gasteiger partial charge in [-0.1, -0.05) is 20.8 Å². The summed E-state index contributed by atoms with van der Waals surface area (Å²) in [5.41, 5.74) is 2.47. The van der Waals surface area contributed by atoms with Crippen molar-refractivity contribution in [3.63, 3.8) is 0 Å². The second-order valence-electron chi connectivity index (χ2n) is 4.61. The summed E-state index contributed by atoms with van der Waals surface area (Å²) in [6, 6.07) is 4.85. The van der Waals surface area contributed by atoms with Gasteiger partial charge in [-0.15, -0.1) is 0 Å². The minimum Gasteiger partial charge on any atom is -0.363 e. The molecule has 0 aliphatic carbocycles.